The number of fused-ring (bicyclic) bond motifs is 1. The van der Waals surface area contributed by atoms with Crippen LogP contribution in [0.1, 0.15) is 103 Å². The van der Waals surface area contributed by atoms with Crippen LogP contribution in [0.25, 0.3) is 0 Å². The summed E-state index contributed by atoms with van der Waals surface area (Å²) in [6, 6.07) is 0.388. The highest BCUT2D eigenvalue weighted by Crippen LogP contribution is 2.33. The predicted molar refractivity (Wildman–Crippen MR) is 189 cm³/mol. The second kappa shape index (κ2) is 24.0. The van der Waals surface area contributed by atoms with E-state index in [9.17, 15) is 32.4 Å². The minimum absolute atomic E-state index is 0.0158. The Morgan fingerprint density at radius 3 is 1.60 bits per heavy atom. The van der Waals surface area contributed by atoms with Gasteiger partial charge in [0.25, 0.3) is 0 Å². The van der Waals surface area contributed by atoms with Crippen LogP contribution < -0.4 is 31.9 Å². The molecule has 0 aliphatic carbocycles. The normalized spacial score (nSPS) is 18.6. The van der Waals surface area contributed by atoms with Crippen molar-refractivity contribution in [1.82, 2.24) is 31.9 Å². The van der Waals surface area contributed by atoms with E-state index in [1.807, 2.05) is 11.8 Å². The zero-order valence-electron chi connectivity index (χ0n) is 27.9. The molecule has 47 heavy (non-hydrogen) atoms. The number of carbonyl (C=O) groups excluding carboxylic acids is 5. The molecule has 2 aliphatic heterocycles. The van der Waals surface area contributed by atoms with Gasteiger partial charge in [0.05, 0.1) is 12.1 Å². The molecule has 2 rings (SSSR count). The predicted octanol–water partition coefficient (Wildman–Crippen LogP) is 2.55. The Bertz CT molecular complexity index is 1100. The highest BCUT2D eigenvalue weighted by Gasteiger charge is 2.42. The first-order chi connectivity index (χ1) is 22.5. The molecule has 2 aliphatic rings. The molecule has 13 nitrogen and oxygen atoms in total. The standard InChI is InChI=1S/C31H56N6O7S3/c1-47(43,44)46-22-21-35-29(41)16-7-4-12-19-33-27(39)14-5-2-10-18-32-26(38)15-6-3-11-20-34-28(40)17-9-8-13-25-30-24(23-45-25)36-31(42)37-30/h24-25,30H,2-23H2,1H3,(H,32,38)(H,33,39)(H,34,40)(H,35,41)(H2,36,37,42). The lowest BCUT2D eigenvalue weighted by Crippen LogP contribution is -2.36. The molecule has 0 saturated carbocycles. The first-order valence-corrected chi connectivity index (χ1v) is 21.6. The fourth-order valence-corrected chi connectivity index (χ4v) is 8.65. The Balaban J connectivity index is 1.29. The lowest BCUT2D eigenvalue weighted by Gasteiger charge is -2.16. The van der Waals surface area contributed by atoms with Gasteiger partial charge in [-0.1, -0.05) is 25.7 Å². The summed E-state index contributed by atoms with van der Waals surface area (Å²) in [5.74, 6) is 1.33. The smallest absolute Gasteiger partial charge is 0.315 e. The monoisotopic (exact) mass is 720 g/mol. The number of nitrogens with one attached hydrogen (secondary N) is 6. The molecule has 0 spiro atoms. The van der Waals surface area contributed by atoms with Gasteiger partial charge in [0.2, 0.25) is 23.6 Å². The fourth-order valence-electron chi connectivity index (χ4n) is 5.46. The van der Waals surface area contributed by atoms with Gasteiger partial charge in [0.15, 0.2) is 8.87 Å². The maximum Gasteiger partial charge on any atom is 0.315 e. The molecule has 0 aromatic rings. The van der Waals surface area contributed by atoms with Crippen LogP contribution in [-0.4, -0.2) is 99.4 Å². The fraction of sp³-hybridized carbons (Fsp3) is 0.839. The van der Waals surface area contributed by atoms with E-state index in [0.29, 0.717) is 62.9 Å². The van der Waals surface area contributed by atoms with Crippen LogP contribution in [-0.2, 0) is 28.0 Å². The van der Waals surface area contributed by atoms with Crippen molar-refractivity contribution in [2.45, 2.75) is 120 Å². The van der Waals surface area contributed by atoms with Gasteiger partial charge in [-0.15, -0.1) is 0 Å². The molecule has 16 heteroatoms. The van der Waals surface area contributed by atoms with Gasteiger partial charge in [0, 0.05) is 74.9 Å². The molecule has 2 heterocycles. The molecule has 0 aromatic heterocycles. The number of hydrogen-bond donors (Lipinski definition) is 6. The minimum Gasteiger partial charge on any atom is -0.356 e. The van der Waals surface area contributed by atoms with Gasteiger partial charge < -0.3 is 31.9 Å². The SMILES string of the molecule is CS(=O)(=O)SCCNC(=O)CCCCCNC(=O)CCCCCNC(=O)CCCCCNC(=O)CCCCC1SCC2NC(=O)NC21. The lowest BCUT2D eigenvalue weighted by molar-refractivity contribution is -0.122. The van der Waals surface area contributed by atoms with E-state index >= 15 is 0 Å². The van der Waals surface area contributed by atoms with Crippen LogP contribution in [0.3, 0.4) is 0 Å². The second-order valence-electron chi connectivity index (χ2n) is 12.2. The van der Waals surface area contributed by atoms with Crippen molar-refractivity contribution in [3.63, 3.8) is 0 Å². The quantitative estimate of drug-likeness (QED) is 0.0421. The number of unbranched alkanes of at least 4 members (excludes halogenated alkanes) is 7. The summed E-state index contributed by atoms with van der Waals surface area (Å²) in [6.45, 7) is 2.14. The van der Waals surface area contributed by atoms with E-state index in [4.69, 9.17) is 0 Å². The van der Waals surface area contributed by atoms with Gasteiger partial charge in [-0.05, 0) is 62.2 Å². The third kappa shape index (κ3) is 20.7. The van der Waals surface area contributed by atoms with Gasteiger partial charge in [-0.25, -0.2) is 13.2 Å². The molecule has 3 atom stereocenters. The lowest BCUT2D eigenvalue weighted by atomic mass is 10.0. The summed E-state index contributed by atoms with van der Waals surface area (Å²) >= 11 is 1.90. The topological polar surface area (TPSA) is 192 Å². The van der Waals surface area contributed by atoms with Crippen LogP contribution in [0.4, 0.5) is 4.79 Å². The molecule has 0 radical (unpaired) electrons. The largest absolute Gasteiger partial charge is 0.356 e. The maximum absolute atomic E-state index is 12.1. The summed E-state index contributed by atoms with van der Waals surface area (Å²) in [6.07, 6.45) is 13.1. The summed E-state index contributed by atoms with van der Waals surface area (Å²) in [5.41, 5.74) is 0. The molecular formula is C31H56N6O7S3. The van der Waals surface area contributed by atoms with Crippen molar-refractivity contribution >= 4 is 61.1 Å². The number of urea groups is 1. The minimum atomic E-state index is -3.08. The number of rotatable bonds is 27. The Hall–Kier alpha value is -2.20. The number of carbonyl (C=O) groups is 5. The van der Waals surface area contributed by atoms with E-state index in [0.717, 1.165) is 99.9 Å². The molecule has 2 fully saturated rings. The second-order valence-corrected chi connectivity index (χ2v) is 18.1. The highest BCUT2D eigenvalue weighted by molar-refractivity contribution is 8.71. The average Bonchev–Trinajstić information content (AvgIpc) is 3.57. The summed E-state index contributed by atoms with van der Waals surface area (Å²) in [4.78, 5) is 59.3. The molecule has 2 saturated heterocycles. The van der Waals surface area contributed by atoms with Crippen molar-refractivity contribution < 1.29 is 32.4 Å². The number of hydrogen-bond acceptors (Lipinski definition) is 9. The molecule has 0 aromatic carbocycles. The maximum atomic E-state index is 12.1. The summed E-state index contributed by atoms with van der Waals surface area (Å²) < 4.78 is 22.1. The molecule has 3 unspecified atom stereocenters. The third-order valence-electron chi connectivity index (χ3n) is 8.01. The highest BCUT2D eigenvalue weighted by atomic mass is 33.1. The Kier molecular flexibility index (Phi) is 20.9. The molecule has 270 valence electrons. The van der Waals surface area contributed by atoms with Gasteiger partial charge in [0.1, 0.15) is 0 Å². The Morgan fingerprint density at radius 1 is 0.681 bits per heavy atom. The van der Waals surface area contributed by atoms with Crippen molar-refractivity contribution in [3.8, 4) is 0 Å². The zero-order chi connectivity index (χ0) is 34.3. The zero-order valence-corrected chi connectivity index (χ0v) is 30.3. The van der Waals surface area contributed by atoms with Crippen LogP contribution in [0.15, 0.2) is 0 Å². The van der Waals surface area contributed by atoms with E-state index in [2.05, 4.69) is 31.9 Å². The first-order valence-electron chi connectivity index (χ1n) is 17.1. The molecule has 6 N–H and O–H groups in total. The first kappa shape index (κ1) is 41.0. The third-order valence-corrected chi connectivity index (χ3v) is 12.1. The Labute approximate surface area is 288 Å². The van der Waals surface area contributed by atoms with Crippen LogP contribution in [0.2, 0.25) is 0 Å². The summed E-state index contributed by atoms with van der Waals surface area (Å²) in [7, 11) is -2.26. The van der Waals surface area contributed by atoms with Crippen molar-refractivity contribution in [1.29, 1.82) is 0 Å². The van der Waals surface area contributed by atoms with E-state index < -0.39 is 8.87 Å². The van der Waals surface area contributed by atoms with E-state index in [1.165, 1.54) is 0 Å². The van der Waals surface area contributed by atoms with Crippen LogP contribution in [0.5, 0.6) is 0 Å². The van der Waals surface area contributed by atoms with Gasteiger partial charge >= 0.3 is 6.03 Å². The van der Waals surface area contributed by atoms with Crippen molar-refractivity contribution in [2.75, 3.05) is 43.9 Å². The van der Waals surface area contributed by atoms with Crippen molar-refractivity contribution in [3.05, 3.63) is 0 Å². The van der Waals surface area contributed by atoms with Gasteiger partial charge in [-0.3, -0.25) is 19.2 Å². The van der Waals surface area contributed by atoms with E-state index in [1.54, 1.807) is 0 Å². The molecule has 0 bridgehead atoms. The average molecular weight is 721 g/mol. The van der Waals surface area contributed by atoms with Crippen LogP contribution in [0, 0.1) is 0 Å². The van der Waals surface area contributed by atoms with Crippen LogP contribution >= 0.6 is 22.6 Å². The summed E-state index contributed by atoms with van der Waals surface area (Å²) in [5, 5.41) is 17.9. The van der Waals surface area contributed by atoms with Gasteiger partial charge in [-0.2, -0.15) is 11.8 Å². The molecular weight excluding hydrogens is 665 g/mol. The van der Waals surface area contributed by atoms with E-state index in [-0.39, 0.29) is 41.7 Å². The number of amides is 6. The van der Waals surface area contributed by atoms with Crippen molar-refractivity contribution in [2.24, 2.45) is 0 Å². The Morgan fingerprint density at radius 2 is 1.13 bits per heavy atom. The number of thioether (sulfide) groups is 1. The molecule has 6 amide bonds.